The van der Waals surface area contributed by atoms with E-state index < -0.39 is 11.7 Å². The van der Waals surface area contributed by atoms with Crippen LogP contribution in [-0.2, 0) is 4.79 Å². The van der Waals surface area contributed by atoms with Crippen LogP contribution in [0, 0.1) is 19.7 Å². The molecular weight excluding hydrogens is 411 g/mol. The fourth-order valence-electron chi connectivity index (χ4n) is 3.63. The number of carbonyl (C=O) groups excluding carboxylic acids is 1. The molecule has 2 aromatic heterocycles. The molecule has 1 amide bonds. The molecule has 2 aromatic carbocycles. The molecule has 164 valence electrons. The summed E-state index contributed by atoms with van der Waals surface area (Å²) in [6.07, 6.45) is 1.36. The molecule has 0 atom stereocenters. The fourth-order valence-corrected chi connectivity index (χ4v) is 3.63. The average molecular weight is 434 g/mol. The second-order valence-electron chi connectivity index (χ2n) is 7.36. The topological polar surface area (TPSA) is 90.9 Å². The normalized spacial score (nSPS) is 10.9. The van der Waals surface area contributed by atoms with Gasteiger partial charge in [0.05, 0.1) is 12.7 Å². The van der Waals surface area contributed by atoms with Gasteiger partial charge in [-0.3, -0.25) is 9.20 Å². The lowest BCUT2D eigenvalue weighted by Crippen LogP contribution is -2.20. The maximum Gasteiger partial charge on any atom is 0.255 e. The van der Waals surface area contributed by atoms with Crippen LogP contribution in [0.5, 0.6) is 11.5 Å². The Hall–Kier alpha value is -4.07. The lowest BCUT2D eigenvalue weighted by Gasteiger charge is -2.17. The number of nitrogens with zero attached hydrogens (tertiary/aromatic N) is 2. The summed E-state index contributed by atoms with van der Waals surface area (Å²) in [5, 5.41) is 3.43. The van der Waals surface area contributed by atoms with Crippen molar-refractivity contribution >= 4 is 23.1 Å². The molecule has 0 spiro atoms. The number of methoxy groups -OCH3 is 1. The summed E-state index contributed by atoms with van der Waals surface area (Å²) in [5.74, 6) is 0.378. The lowest BCUT2D eigenvalue weighted by molar-refractivity contribution is -0.119. The van der Waals surface area contributed by atoms with Crippen LogP contribution in [0.3, 0.4) is 0 Å². The number of halogens is 1. The van der Waals surface area contributed by atoms with Gasteiger partial charge in [0, 0.05) is 11.9 Å². The summed E-state index contributed by atoms with van der Waals surface area (Å²) in [4.78, 5) is 16.1. The van der Waals surface area contributed by atoms with Gasteiger partial charge in [0.15, 0.2) is 6.61 Å². The van der Waals surface area contributed by atoms with Crippen LogP contribution in [0.4, 0.5) is 15.9 Å². The molecule has 0 unspecified atom stereocenters. The summed E-state index contributed by atoms with van der Waals surface area (Å²) >= 11 is 0. The molecule has 0 saturated heterocycles. The van der Waals surface area contributed by atoms with Crippen LogP contribution in [0.25, 0.3) is 16.9 Å². The summed E-state index contributed by atoms with van der Waals surface area (Å²) in [7, 11) is 1.53. The minimum Gasteiger partial charge on any atom is -0.496 e. The third-order valence-electron chi connectivity index (χ3n) is 5.12. The molecular formula is C24H23FN4O3. The van der Waals surface area contributed by atoms with Crippen LogP contribution in [-0.4, -0.2) is 29.0 Å². The monoisotopic (exact) mass is 434 g/mol. The van der Waals surface area contributed by atoms with Gasteiger partial charge in [0.1, 0.15) is 34.5 Å². The summed E-state index contributed by atoms with van der Waals surface area (Å²) in [6, 6.07) is 14.1. The number of anilines is 2. The largest absolute Gasteiger partial charge is 0.496 e. The Morgan fingerprint density at radius 2 is 1.78 bits per heavy atom. The number of nitrogens with two attached hydrogens (primary N) is 1. The number of aromatic nitrogens is 2. The van der Waals surface area contributed by atoms with E-state index in [0.29, 0.717) is 34.2 Å². The molecule has 0 fully saturated rings. The number of hydrogen-bond acceptors (Lipinski definition) is 5. The van der Waals surface area contributed by atoms with Crippen molar-refractivity contribution in [2.24, 2.45) is 5.73 Å². The van der Waals surface area contributed by atoms with Crippen molar-refractivity contribution in [3.05, 3.63) is 71.7 Å². The Morgan fingerprint density at radius 3 is 2.47 bits per heavy atom. The number of benzene rings is 2. The van der Waals surface area contributed by atoms with E-state index >= 15 is 0 Å². The van der Waals surface area contributed by atoms with Crippen molar-refractivity contribution in [3.63, 3.8) is 0 Å². The minimum atomic E-state index is -0.607. The standard InChI is InChI=1S/C24H23FN4O3/c1-14-6-4-7-15(2)22(14)28-24-23(27-20-11-10-16(25)12-29(20)24)21-17(31-3)8-5-9-18(21)32-13-19(26)30/h4-12,28H,13H2,1-3H3,(H2,26,30). The molecule has 3 N–H and O–H groups in total. The predicted octanol–water partition coefficient (Wildman–Crippen LogP) is 4.37. The molecule has 0 radical (unpaired) electrons. The molecule has 0 aliphatic rings. The quantitative estimate of drug-likeness (QED) is 0.451. The number of primary amides is 1. The first-order valence-electron chi connectivity index (χ1n) is 9.98. The second kappa shape index (κ2) is 8.58. The van der Waals surface area contributed by atoms with Gasteiger partial charge in [-0.15, -0.1) is 0 Å². The Labute approximate surface area is 184 Å². The molecule has 0 bridgehead atoms. The highest BCUT2D eigenvalue weighted by Crippen LogP contribution is 2.43. The zero-order valence-corrected chi connectivity index (χ0v) is 18.0. The summed E-state index contributed by atoms with van der Waals surface area (Å²) in [6.45, 7) is 3.68. The maximum absolute atomic E-state index is 14.2. The Kier molecular flexibility index (Phi) is 5.68. The van der Waals surface area contributed by atoms with Crippen molar-refractivity contribution in [2.45, 2.75) is 13.8 Å². The van der Waals surface area contributed by atoms with Gasteiger partial charge in [-0.1, -0.05) is 24.3 Å². The van der Waals surface area contributed by atoms with Crippen molar-refractivity contribution in [2.75, 3.05) is 19.0 Å². The maximum atomic E-state index is 14.2. The third-order valence-corrected chi connectivity index (χ3v) is 5.12. The summed E-state index contributed by atoms with van der Waals surface area (Å²) < 4.78 is 27.1. The lowest BCUT2D eigenvalue weighted by atomic mass is 10.1. The molecule has 4 aromatic rings. The van der Waals surface area contributed by atoms with Gasteiger partial charge in [0.2, 0.25) is 0 Å². The van der Waals surface area contributed by atoms with E-state index in [9.17, 15) is 9.18 Å². The molecule has 0 aliphatic heterocycles. The summed E-state index contributed by atoms with van der Waals surface area (Å²) in [5.41, 5.74) is 9.73. The number of amides is 1. The number of imidazole rings is 1. The first-order chi connectivity index (χ1) is 15.4. The number of rotatable bonds is 7. The molecule has 4 rings (SSSR count). The van der Waals surface area contributed by atoms with Crippen LogP contribution < -0.4 is 20.5 Å². The zero-order valence-electron chi connectivity index (χ0n) is 18.0. The van der Waals surface area contributed by atoms with E-state index in [4.69, 9.17) is 20.2 Å². The predicted molar refractivity (Wildman–Crippen MR) is 121 cm³/mol. The highest BCUT2D eigenvalue weighted by atomic mass is 19.1. The number of carbonyl (C=O) groups is 1. The number of ether oxygens (including phenoxy) is 2. The second-order valence-corrected chi connectivity index (χ2v) is 7.36. The van der Waals surface area contributed by atoms with E-state index in [1.165, 1.54) is 19.4 Å². The number of nitrogens with one attached hydrogen (secondary N) is 1. The highest BCUT2D eigenvalue weighted by molar-refractivity contribution is 5.87. The Morgan fingerprint density at radius 1 is 1.09 bits per heavy atom. The molecule has 7 nitrogen and oxygen atoms in total. The third kappa shape index (κ3) is 3.94. The molecule has 32 heavy (non-hydrogen) atoms. The number of fused-ring (bicyclic) bond motifs is 1. The number of hydrogen-bond donors (Lipinski definition) is 2. The Balaban J connectivity index is 1.98. The van der Waals surface area contributed by atoms with Crippen molar-refractivity contribution < 1.29 is 18.7 Å². The van der Waals surface area contributed by atoms with Crippen molar-refractivity contribution in [3.8, 4) is 22.8 Å². The highest BCUT2D eigenvalue weighted by Gasteiger charge is 2.23. The van der Waals surface area contributed by atoms with E-state index in [2.05, 4.69) is 5.32 Å². The first kappa shape index (κ1) is 21.2. The van der Waals surface area contributed by atoms with Crippen LogP contribution in [0.2, 0.25) is 0 Å². The smallest absolute Gasteiger partial charge is 0.255 e. The van der Waals surface area contributed by atoms with Gasteiger partial charge in [-0.25, -0.2) is 9.37 Å². The van der Waals surface area contributed by atoms with Gasteiger partial charge in [-0.05, 0) is 49.2 Å². The van der Waals surface area contributed by atoms with E-state index in [1.54, 1.807) is 28.7 Å². The first-order valence-corrected chi connectivity index (χ1v) is 9.98. The van der Waals surface area contributed by atoms with Crippen molar-refractivity contribution in [1.29, 1.82) is 0 Å². The van der Waals surface area contributed by atoms with Crippen molar-refractivity contribution in [1.82, 2.24) is 9.38 Å². The van der Waals surface area contributed by atoms with Crippen LogP contribution in [0.1, 0.15) is 11.1 Å². The van der Waals surface area contributed by atoms with Gasteiger partial charge in [0.25, 0.3) is 5.91 Å². The molecule has 0 aliphatic carbocycles. The average Bonchev–Trinajstić information content (AvgIpc) is 3.11. The van der Waals surface area contributed by atoms with Gasteiger partial charge < -0.3 is 20.5 Å². The molecule has 0 saturated carbocycles. The van der Waals surface area contributed by atoms with E-state index in [0.717, 1.165) is 16.8 Å². The van der Waals surface area contributed by atoms with E-state index in [1.807, 2.05) is 32.0 Å². The minimum absolute atomic E-state index is 0.304. The number of para-hydroxylation sites is 1. The number of pyridine rings is 1. The van der Waals surface area contributed by atoms with Crippen LogP contribution >= 0.6 is 0 Å². The van der Waals surface area contributed by atoms with Gasteiger partial charge >= 0.3 is 0 Å². The van der Waals surface area contributed by atoms with Gasteiger partial charge in [-0.2, -0.15) is 0 Å². The fraction of sp³-hybridized carbons (Fsp3) is 0.167. The number of aryl methyl sites for hydroxylation is 2. The zero-order chi connectivity index (χ0) is 22.8. The van der Waals surface area contributed by atoms with E-state index in [-0.39, 0.29) is 6.61 Å². The SMILES string of the molecule is COc1cccc(OCC(N)=O)c1-c1nc2ccc(F)cn2c1Nc1c(C)cccc1C. The van der Waals surface area contributed by atoms with Crippen LogP contribution in [0.15, 0.2) is 54.7 Å². The molecule has 2 heterocycles. The molecule has 8 heteroatoms. The Bertz CT molecular complexity index is 1300.